The number of carbonyl (C=O) groups is 3. The zero-order valence-corrected chi connectivity index (χ0v) is 19.8. The number of carboxylic acid groups (broad SMARTS) is 1. The number of aliphatic carboxylic acids is 1. The lowest BCUT2D eigenvalue weighted by atomic mass is 9.85. The monoisotopic (exact) mass is 464 g/mol. The van der Waals surface area contributed by atoms with Gasteiger partial charge in [-0.25, -0.2) is 4.79 Å². The summed E-state index contributed by atoms with van der Waals surface area (Å²) in [6, 6.07) is 16.3. The van der Waals surface area contributed by atoms with Gasteiger partial charge in [0.15, 0.2) is 0 Å². The van der Waals surface area contributed by atoms with Gasteiger partial charge in [0.1, 0.15) is 13.2 Å². The number of nitrogens with zero attached hydrogens (tertiary/aromatic N) is 1. The van der Waals surface area contributed by atoms with E-state index in [9.17, 15) is 19.5 Å². The molecule has 2 aromatic rings. The van der Waals surface area contributed by atoms with E-state index in [1.165, 1.54) is 4.90 Å². The first-order chi connectivity index (χ1) is 16.3. The van der Waals surface area contributed by atoms with Crippen molar-refractivity contribution in [3.05, 3.63) is 59.7 Å². The van der Waals surface area contributed by atoms with E-state index in [4.69, 9.17) is 4.74 Å². The minimum atomic E-state index is -1.03. The maximum atomic E-state index is 13.2. The van der Waals surface area contributed by atoms with Crippen molar-refractivity contribution in [2.24, 2.45) is 11.3 Å². The molecule has 0 aromatic heterocycles. The Morgan fingerprint density at radius 1 is 1.06 bits per heavy atom. The van der Waals surface area contributed by atoms with E-state index in [2.05, 4.69) is 29.6 Å². The minimum absolute atomic E-state index is 0.0399. The van der Waals surface area contributed by atoms with E-state index in [1.54, 1.807) is 6.92 Å². The standard InChI is InChI=1S/C27H32N2O5/c1-3-27(2,25(32)29(15-24(30)31)14-18-12-13-18)17-28-26(33)34-16-23-21-10-6-4-8-19(21)20-9-5-7-11-22(20)23/h4-11,18,23H,3,12-17H2,1-2H3,(H,28,33)(H,30,31). The van der Waals surface area contributed by atoms with Gasteiger partial charge in [0.2, 0.25) is 5.91 Å². The van der Waals surface area contributed by atoms with Gasteiger partial charge in [-0.2, -0.15) is 0 Å². The van der Waals surface area contributed by atoms with Crippen molar-refractivity contribution in [2.75, 3.05) is 26.2 Å². The highest BCUT2D eigenvalue weighted by molar-refractivity contribution is 5.86. The number of amides is 2. The van der Waals surface area contributed by atoms with Gasteiger partial charge in [-0.1, -0.05) is 55.5 Å². The maximum absolute atomic E-state index is 13.2. The largest absolute Gasteiger partial charge is 0.480 e. The number of carbonyl (C=O) groups excluding carboxylic acids is 2. The van der Waals surface area contributed by atoms with Crippen LogP contribution in [0, 0.1) is 11.3 Å². The first-order valence-electron chi connectivity index (χ1n) is 11.9. The summed E-state index contributed by atoms with van der Waals surface area (Å²) in [6.45, 7) is 4.04. The predicted molar refractivity (Wildman–Crippen MR) is 128 cm³/mol. The summed E-state index contributed by atoms with van der Waals surface area (Å²) in [7, 11) is 0. The molecule has 0 saturated heterocycles. The molecular weight excluding hydrogens is 432 g/mol. The Morgan fingerprint density at radius 2 is 1.65 bits per heavy atom. The van der Waals surface area contributed by atoms with Crippen LogP contribution in [0.4, 0.5) is 4.79 Å². The summed E-state index contributed by atoms with van der Waals surface area (Å²) in [5, 5.41) is 12.0. The smallest absolute Gasteiger partial charge is 0.407 e. The van der Waals surface area contributed by atoms with Crippen LogP contribution in [0.15, 0.2) is 48.5 Å². The Kier molecular flexibility index (Phi) is 6.91. The molecule has 34 heavy (non-hydrogen) atoms. The number of hydrogen-bond acceptors (Lipinski definition) is 4. The summed E-state index contributed by atoms with van der Waals surface area (Å²) in [5.74, 6) is -0.943. The zero-order chi connectivity index (χ0) is 24.3. The molecule has 180 valence electrons. The number of hydrogen-bond donors (Lipinski definition) is 2. The fourth-order valence-electron chi connectivity index (χ4n) is 4.64. The molecule has 4 rings (SSSR count). The first-order valence-corrected chi connectivity index (χ1v) is 11.9. The van der Waals surface area contributed by atoms with Crippen LogP contribution in [0.25, 0.3) is 11.1 Å². The van der Waals surface area contributed by atoms with Gasteiger partial charge in [-0.05, 0) is 54.4 Å². The quantitative estimate of drug-likeness (QED) is 0.548. The molecule has 1 saturated carbocycles. The van der Waals surface area contributed by atoms with Crippen LogP contribution in [-0.2, 0) is 14.3 Å². The lowest BCUT2D eigenvalue weighted by Gasteiger charge is -2.33. The second-order valence-corrected chi connectivity index (χ2v) is 9.62. The summed E-state index contributed by atoms with van der Waals surface area (Å²) in [6.07, 6.45) is 1.92. The topological polar surface area (TPSA) is 95.9 Å². The van der Waals surface area contributed by atoms with Gasteiger partial charge in [-0.3, -0.25) is 9.59 Å². The van der Waals surface area contributed by atoms with Crippen LogP contribution < -0.4 is 5.32 Å². The van der Waals surface area contributed by atoms with Crippen molar-refractivity contribution in [1.29, 1.82) is 0 Å². The predicted octanol–water partition coefficient (Wildman–Crippen LogP) is 4.26. The molecule has 0 aliphatic heterocycles. The van der Waals surface area contributed by atoms with E-state index in [-0.39, 0.29) is 31.5 Å². The molecule has 1 atom stereocenters. The number of fused-ring (bicyclic) bond motifs is 3. The average molecular weight is 465 g/mol. The molecule has 0 spiro atoms. The third-order valence-corrected chi connectivity index (χ3v) is 7.05. The number of rotatable bonds is 10. The van der Waals surface area contributed by atoms with Crippen molar-refractivity contribution in [1.82, 2.24) is 10.2 Å². The lowest BCUT2D eigenvalue weighted by molar-refractivity contribution is -0.149. The maximum Gasteiger partial charge on any atom is 0.407 e. The summed E-state index contributed by atoms with van der Waals surface area (Å²) in [5.41, 5.74) is 3.68. The molecule has 2 N–H and O–H groups in total. The number of ether oxygens (including phenoxy) is 1. The number of alkyl carbamates (subject to hydrolysis) is 1. The third kappa shape index (κ3) is 5.08. The first kappa shape index (κ1) is 23.8. The van der Waals surface area contributed by atoms with Crippen LogP contribution in [0.5, 0.6) is 0 Å². The van der Waals surface area contributed by atoms with Crippen molar-refractivity contribution in [3.8, 4) is 11.1 Å². The van der Waals surface area contributed by atoms with E-state index in [0.717, 1.165) is 35.1 Å². The van der Waals surface area contributed by atoms with Gasteiger partial charge in [0, 0.05) is 19.0 Å². The number of nitrogens with one attached hydrogen (secondary N) is 1. The third-order valence-electron chi connectivity index (χ3n) is 7.05. The normalized spacial score (nSPS) is 16.2. The highest BCUT2D eigenvalue weighted by Gasteiger charge is 2.38. The molecule has 2 aliphatic rings. The van der Waals surface area contributed by atoms with E-state index < -0.39 is 17.5 Å². The van der Waals surface area contributed by atoms with Gasteiger partial charge < -0.3 is 20.1 Å². The SMILES string of the molecule is CCC(C)(CNC(=O)OCC1c2ccccc2-c2ccccc21)C(=O)N(CC(=O)O)CC1CC1. The second-order valence-electron chi connectivity index (χ2n) is 9.62. The Hall–Kier alpha value is -3.35. The molecule has 1 unspecified atom stereocenters. The van der Waals surface area contributed by atoms with E-state index >= 15 is 0 Å². The molecule has 7 nitrogen and oxygen atoms in total. The average Bonchev–Trinajstić information content (AvgIpc) is 3.60. The molecule has 0 heterocycles. The van der Waals surface area contributed by atoms with Crippen LogP contribution in [0.1, 0.15) is 50.2 Å². The molecular formula is C27H32N2O5. The Labute approximate surface area is 200 Å². The highest BCUT2D eigenvalue weighted by Crippen LogP contribution is 2.44. The van der Waals surface area contributed by atoms with Crippen LogP contribution in [0.3, 0.4) is 0 Å². The lowest BCUT2D eigenvalue weighted by Crippen LogP contribution is -2.50. The van der Waals surface area contributed by atoms with E-state index in [1.807, 2.05) is 31.2 Å². The zero-order valence-electron chi connectivity index (χ0n) is 19.8. The van der Waals surface area contributed by atoms with Crippen LogP contribution in [-0.4, -0.2) is 54.2 Å². The van der Waals surface area contributed by atoms with Crippen LogP contribution >= 0.6 is 0 Å². The van der Waals surface area contributed by atoms with Crippen molar-refractivity contribution < 1.29 is 24.2 Å². The minimum Gasteiger partial charge on any atom is -0.480 e. The number of carboxylic acids is 1. The summed E-state index contributed by atoms with van der Waals surface area (Å²) < 4.78 is 5.59. The van der Waals surface area contributed by atoms with Gasteiger partial charge in [-0.15, -0.1) is 0 Å². The van der Waals surface area contributed by atoms with Gasteiger partial charge >= 0.3 is 12.1 Å². The summed E-state index contributed by atoms with van der Waals surface area (Å²) >= 11 is 0. The fraction of sp³-hybridized carbons (Fsp3) is 0.444. The number of benzene rings is 2. The van der Waals surface area contributed by atoms with Crippen LogP contribution in [0.2, 0.25) is 0 Å². The van der Waals surface area contributed by atoms with E-state index in [0.29, 0.717) is 18.9 Å². The second kappa shape index (κ2) is 9.87. The molecule has 2 aromatic carbocycles. The van der Waals surface area contributed by atoms with Gasteiger partial charge in [0.25, 0.3) is 0 Å². The fourth-order valence-corrected chi connectivity index (χ4v) is 4.64. The van der Waals surface area contributed by atoms with Gasteiger partial charge in [0.05, 0.1) is 5.41 Å². The molecule has 0 bridgehead atoms. The summed E-state index contributed by atoms with van der Waals surface area (Å²) in [4.78, 5) is 38.5. The molecule has 7 heteroatoms. The Balaban J connectivity index is 1.37. The molecule has 2 amide bonds. The Morgan fingerprint density at radius 3 is 2.18 bits per heavy atom. The molecule has 0 radical (unpaired) electrons. The van der Waals surface area contributed by atoms with Crippen molar-refractivity contribution >= 4 is 18.0 Å². The Bertz CT molecular complexity index is 1030. The van der Waals surface area contributed by atoms with Crippen molar-refractivity contribution in [3.63, 3.8) is 0 Å². The highest BCUT2D eigenvalue weighted by atomic mass is 16.5. The molecule has 1 fully saturated rings. The van der Waals surface area contributed by atoms with Crippen molar-refractivity contribution in [2.45, 2.75) is 39.0 Å². The molecule has 2 aliphatic carbocycles.